The van der Waals surface area contributed by atoms with Crippen molar-refractivity contribution < 1.29 is 13.2 Å². The second-order valence-corrected chi connectivity index (χ2v) is 2.82. The van der Waals surface area contributed by atoms with Gasteiger partial charge in [0.15, 0.2) is 0 Å². The molecule has 3 heteroatoms. The summed E-state index contributed by atoms with van der Waals surface area (Å²) >= 11 is 0. The van der Waals surface area contributed by atoms with Gasteiger partial charge in [-0.2, -0.15) is 13.2 Å². The summed E-state index contributed by atoms with van der Waals surface area (Å²) in [6.07, 6.45) is 4.46. The van der Waals surface area contributed by atoms with Crippen molar-refractivity contribution >= 4 is 0 Å². The molecule has 0 aliphatic carbocycles. The molecule has 0 radical (unpaired) electrons. The normalized spacial score (nSPS) is 13.2. The molecule has 0 nitrogen and oxygen atoms in total. The molecular formula is C10H15F3. The van der Waals surface area contributed by atoms with E-state index in [-0.39, 0.29) is 6.08 Å². The summed E-state index contributed by atoms with van der Waals surface area (Å²) in [6.45, 7) is 2.09. The highest BCUT2D eigenvalue weighted by molar-refractivity contribution is 5.04. The first-order valence-corrected chi connectivity index (χ1v) is 4.47. The van der Waals surface area contributed by atoms with Crippen LogP contribution >= 0.6 is 0 Å². The molecule has 0 fully saturated rings. The molecule has 0 unspecified atom stereocenters. The van der Waals surface area contributed by atoms with E-state index in [4.69, 9.17) is 0 Å². The molecule has 0 aromatic carbocycles. The van der Waals surface area contributed by atoms with Gasteiger partial charge in [-0.25, -0.2) is 0 Å². The van der Waals surface area contributed by atoms with Gasteiger partial charge in [-0.05, 0) is 12.8 Å². The van der Waals surface area contributed by atoms with Gasteiger partial charge < -0.3 is 0 Å². The quantitative estimate of drug-likeness (QED) is 0.451. The van der Waals surface area contributed by atoms with Gasteiger partial charge >= 0.3 is 6.18 Å². The minimum atomic E-state index is -4.19. The van der Waals surface area contributed by atoms with E-state index >= 15 is 0 Å². The van der Waals surface area contributed by atoms with E-state index in [1.54, 1.807) is 6.08 Å². The Labute approximate surface area is 77.1 Å². The fraction of sp³-hybridized carbons (Fsp3) is 0.600. The Morgan fingerprint density at radius 1 is 1.08 bits per heavy atom. The highest BCUT2D eigenvalue weighted by Gasteiger charge is 2.20. The molecule has 76 valence electrons. The maximum atomic E-state index is 11.6. The second kappa shape index (κ2) is 6.75. The molecule has 0 aliphatic rings. The first-order valence-electron chi connectivity index (χ1n) is 4.47. The Morgan fingerprint density at radius 3 is 2.31 bits per heavy atom. The van der Waals surface area contributed by atoms with E-state index in [1.807, 2.05) is 0 Å². The van der Waals surface area contributed by atoms with E-state index in [0.717, 1.165) is 31.8 Å². The molecule has 0 N–H and O–H groups in total. The van der Waals surface area contributed by atoms with Crippen LogP contribution in [0.3, 0.4) is 0 Å². The Hall–Kier alpha value is -0.730. The predicted molar refractivity (Wildman–Crippen MR) is 48.5 cm³/mol. The summed E-state index contributed by atoms with van der Waals surface area (Å²) in [4.78, 5) is 0. The zero-order valence-electron chi connectivity index (χ0n) is 7.77. The van der Waals surface area contributed by atoms with Crippen LogP contribution in [0, 0.1) is 0 Å². The van der Waals surface area contributed by atoms with Crippen LogP contribution in [0.15, 0.2) is 24.3 Å². The van der Waals surface area contributed by atoms with Crippen molar-refractivity contribution in [1.29, 1.82) is 0 Å². The molecule has 0 rings (SSSR count). The van der Waals surface area contributed by atoms with E-state index in [1.165, 1.54) is 6.08 Å². The topological polar surface area (TPSA) is 0 Å². The fourth-order valence-corrected chi connectivity index (χ4v) is 0.852. The Kier molecular flexibility index (Phi) is 6.37. The highest BCUT2D eigenvalue weighted by atomic mass is 19.4. The fourth-order valence-electron chi connectivity index (χ4n) is 0.852. The van der Waals surface area contributed by atoms with Crippen LogP contribution in [0.2, 0.25) is 0 Å². The summed E-state index contributed by atoms with van der Waals surface area (Å²) in [7, 11) is 0. The lowest BCUT2D eigenvalue weighted by molar-refractivity contribution is -0.0798. The number of unbranched alkanes of at least 4 members (excludes halogenated alkanes) is 3. The molecular weight excluding hydrogens is 177 g/mol. The van der Waals surface area contributed by atoms with Crippen molar-refractivity contribution in [2.75, 3.05) is 0 Å². The van der Waals surface area contributed by atoms with E-state index in [2.05, 4.69) is 6.92 Å². The molecule has 0 amide bonds. The van der Waals surface area contributed by atoms with E-state index < -0.39 is 6.18 Å². The first kappa shape index (κ1) is 12.3. The summed E-state index contributed by atoms with van der Waals surface area (Å²) in [5, 5.41) is 0. The van der Waals surface area contributed by atoms with Crippen molar-refractivity contribution in [3.8, 4) is 0 Å². The van der Waals surface area contributed by atoms with Crippen LogP contribution in [0.1, 0.15) is 32.6 Å². The molecule has 0 aliphatic heterocycles. The molecule has 0 saturated carbocycles. The molecule has 0 saturated heterocycles. The highest BCUT2D eigenvalue weighted by Crippen LogP contribution is 2.15. The molecule has 13 heavy (non-hydrogen) atoms. The van der Waals surface area contributed by atoms with Crippen LogP contribution < -0.4 is 0 Å². The molecule has 0 heterocycles. The standard InChI is InChI=1S/C10H15F3/c1-2-3-4-5-6-7-8-9-10(11,12)13/h6-9H,2-5H2,1H3/b7-6+,9-8+. The summed E-state index contributed by atoms with van der Waals surface area (Å²) in [6, 6.07) is 0. The summed E-state index contributed by atoms with van der Waals surface area (Å²) < 4.78 is 34.7. The zero-order chi connectivity index (χ0) is 10.2. The van der Waals surface area contributed by atoms with Crippen molar-refractivity contribution in [2.45, 2.75) is 38.8 Å². The smallest absolute Gasteiger partial charge is 0.167 e. The van der Waals surface area contributed by atoms with Gasteiger partial charge in [-0.3, -0.25) is 0 Å². The third-order valence-electron chi connectivity index (χ3n) is 1.51. The van der Waals surface area contributed by atoms with E-state index in [0.29, 0.717) is 0 Å². The van der Waals surface area contributed by atoms with Gasteiger partial charge in [0.1, 0.15) is 0 Å². The van der Waals surface area contributed by atoms with Crippen molar-refractivity contribution in [1.82, 2.24) is 0 Å². The summed E-state index contributed by atoms with van der Waals surface area (Å²) in [5.74, 6) is 0. The monoisotopic (exact) mass is 192 g/mol. The van der Waals surface area contributed by atoms with Crippen molar-refractivity contribution in [3.05, 3.63) is 24.3 Å². The zero-order valence-corrected chi connectivity index (χ0v) is 7.77. The number of hydrogen-bond donors (Lipinski definition) is 0. The van der Waals surface area contributed by atoms with Gasteiger partial charge in [0.2, 0.25) is 0 Å². The molecule has 0 spiro atoms. The lowest BCUT2D eigenvalue weighted by atomic mass is 10.2. The number of hydrogen-bond acceptors (Lipinski definition) is 0. The largest absolute Gasteiger partial charge is 0.409 e. The van der Waals surface area contributed by atoms with Crippen LogP contribution in [-0.2, 0) is 0 Å². The maximum absolute atomic E-state index is 11.6. The SMILES string of the molecule is CCCCC/C=C/C=C/C(F)(F)F. The Morgan fingerprint density at radius 2 is 1.77 bits per heavy atom. The average molecular weight is 192 g/mol. The lowest BCUT2D eigenvalue weighted by Crippen LogP contribution is -1.99. The minimum absolute atomic E-state index is 0.239. The molecule has 0 atom stereocenters. The molecule has 0 bridgehead atoms. The lowest BCUT2D eigenvalue weighted by Gasteiger charge is -1.94. The average Bonchev–Trinajstić information content (AvgIpc) is 2.01. The van der Waals surface area contributed by atoms with Crippen LogP contribution in [0.25, 0.3) is 0 Å². The van der Waals surface area contributed by atoms with Gasteiger partial charge in [0.05, 0.1) is 0 Å². The van der Waals surface area contributed by atoms with Gasteiger partial charge in [-0.1, -0.05) is 38.0 Å². The maximum Gasteiger partial charge on any atom is 0.409 e. The third-order valence-corrected chi connectivity index (χ3v) is 1.51. The summed E-state index contributed by atoms with van der Waals surface area (Å²) in [5.41, 5.74) is 0. The van der Waals surface area contributed by atoms with Crippen LogP contribution in [0.5, 0.6) is 0 Å². The first-order chi connectivity index (χ1) is 6.06. The minimum Gasteiger partial charge on any atom is -0.167 e. The Balaban J connectivity index is 3.46. The second-order valence-electron chi connectivity index (χ2n) is 2.82. The number of alkyl halides is 3. The van der Waals surface area contributed by atoms with Gasteiger partial charge in [-0.15, -0.1) is 0 Å². The van der Waals surface area contributed by atoms with Crippen LogP contribution in [-0.4, -0.2) is 6.18 Å². The molecule has 0 aromatic rings. The van der Waals surface area contributed by atoms with Crippen molar-refractivity contribution in [3.63, 3.8) is 0 Å². The van der Waals surface area contributed by atoms with Crippen LogP contribution in [0.4, 0.5) is 13.2 Å². The number of allylic oxidation sites excluding steroid dienone is 4. The van der Waals surface area contributed by atoms with E-state index in [9.17, 15) is 13.2 Å². The van der Waals surface area contributed by atoms with Gasteiger partial charge in [0.25, 0.3) is 0 Å². The number of rotatable bonds is 5. The van der Waals surface area contributed by atoms with Crippen molar-refractivity contribution in [2.24, 2.45) is 0 Å². The third kappa shape index (κ3) is 11.3. The Bertz CT molecular complexity index is 165. The number of halogens is 3. The molecule has 0 aromatic heterocycles. The van der Waals surface area contributed by atoms with Gasteiger partial charge in [0, 0.05) is 6.08 Å². The predicted octanol–water partition coefficient (Wildman–Crippen LogP) is 4.24.